The minimum absolute atomic E-state index is 0.0938. The highest BCUT2D eigenvalue weighted by atomic mass is 19.4. The third-order valence-electron chi connectivity index (χ3n) is 5.07. The van der Waals surface area contributed by atoms with Crippen molar-refractivity contribution in [2.45, 2.75) is 38.1 Å². The number of alkyl halides is 3. The summed E-state index contributed by atoms with van der Waals surface area (Å²) in [5.41, 5.74) is 1.61. The normalized spacial score (nSPS) is 23.9. The summed E-state index contributed by atoms with van der Waals surface area (Å²) in [6.07, 6.45) is -0.711. The molecule has 6 nitrogen and oxygen atoms in total. The molecule has 2 aliphatic heterocycles. The van der Waals surface area contributed by atoms with E-state index in [2.05, 4.69) is 11.9 Å². The number of aliphatic carboxylic acids is 1. The van der Waals surface area contributed by atoms with Crippen LogP contribution < -0.4 is 0 Å². The molecule has 0 spiro atoms. The number of carboxylic acid groups (broad SMARTS) is 1. The highest BCUT2D eigenvalue weighted by molar-refractivity contribution is 5.97. The van der Waals surface area contributed by atoms with Crippen molar-refractivity contribution in [2.24, 2.45) is 5.92 Å². The molecular weight excluding hydrogens is 389 g/mol. The van der Waals surface area contributed by atoms with Gasteiger partial charge in [0.1, 0.15) is 0 Å². The number of pyridine rings is 1. The van der Waals surface area contributed by atoms with E-state index >= 15 is 0 Å². The van der Waals surface area contributed by atoms with Crippen LogP contribution in [-0.4, -0.2) is 58.3 Å². The maximum absolute atomic E-state index is 12.8. The minimum atomic E-state index is -5.08. The molecule has 0 bridgehead atoms. The fraction of sp³-hybridized carbons (Fsp3) is 0.450. The van der Waals surface area contributed by atoms with Crippen molar-refractivity contribution in [1.29, 1.82) is 0 Å². The van der Waals surface area contributed by atoms with Crippen LogP contribution in [0.5, 0.6) is 0 Å². The molecule has 0 aliphatic carbocycles. The van der Waals surface area contributed by atoms with E-state index in [1.807, 2.05) is 35.2 Å². The Bertz CT molecular complexity index is 903. The number of piperidine rings is 1. The van der Waals surface area contributed by atoms with Crippen LogP contribution in [0.2, 0.25) is 0 Å². The molecule has 0 radical (unpaired) electrons. The standard InChI is InChI=1S/C18H20N2O2.C2HF3O2/c1-12-8-15-11-20(7-6-17(15)22-12)18(21)14-9-13-4-2-3-5-16(13)19-10-14;3-2(4,5)1(6)7/h2-5,9-10,12,15,17H,6-8,11H2,1H3;(H,6,7)/t12-,15-,17-;/m0./s1. The Morgan fingerprint density at radius 3 is 2.66 bits per heavy atom. The number of ether oxygens (including phenoxy) is 1. The molecule has 3 atom stereocenters. The zero-order chi connectivity index (χ0) is 21.2. The summed E-state index contributed by atoms with van der Waals surface area (Å²) >= 11 is 0. The minimum Gasteiger partial charge on any atom is -0.475 e. The zero-order valence-electron chi connectivity index (χ0n) is 15.7. The predicted molar refractivity (Wildman–Crippen MR) is 98.4 cm³/mol. The summed E-state index contributed by atoms with van der Waals surface area (Å²) in [6.45, 7) is 3.71. The van der Waals surface area contributed by atoms with Crippen molar-refractivity contribution in [2.75, 3.05) is 13.1 Å². The maximum atomic E-state index is 12.8. The van der Waals surface area contributed by atoms with Gasteiger partial charge in [-0.05, 0) is 31.9 Å². The van der Waals surface area contributed by atoms with E-state index < -0.39 is 12.1 Å². The van der Waals surface area contributed by atoms with E-state index in [9.17, 15) is 18.0 Å². The number of fused-ring (bicyclic) bond motifs is 2. The van der Waals surface area contributed by atoms with E-state index in [0.717, 1.165) is 36.8 Å². The number of rotatable bonds is 1. The molecule has 1 N–H and O–H groups in total. The molecule has 2 aromatic rings. The molecule has 0 unspecified atom stereocenters. The number of likely N-dealkylation sites (tertiary alicyclic amines) is 1. The van der Waals surface area contributed by atoms with Gasteiger partial charge in [0.2, 0.25) is 0 Å². The summed E-state index contributed by atoms with van der Waals surface area (Å²) in [5, 5.41) is 8.14. The van der Waals surface area contributed by atoms with Crippen LogP contribution in [0.3, 0.4) is 0 Å². The van der Waals surface area contributed by atoms with Gasteiger partial charge in [-0.3, -0.25) is 9.78 Å². The lowest BCUT2D eigenvalue weighted by Gasteiger charge is -2.34. The van der Waals surface area contributed by atoms with Crippen molar-refractivity contribution in [3.8, 4) is 0 Å². The highest BCUT2D eigenvalue weighted by Gasteiger charge is 2.39. The lowest BCUT2D eigenvalue weighted by Crippen LogP contribution is -2.44. The van der Waals surface area contributed by atoms with Gasteiger partial charge < -0.3 is 14.7 Å². The van der Waals surface area contributed by atoms with E-state index in [4.69, 9.17) is 14.6 Å². The smallest absolute Gasteiger partial charge is 0.475 e. The fourth-order valence-corrected chi connectivity index (χ4v) is 3.75. The molecule has 156 valence electrons. The second-order valence-corrected chi connectivity index (χ2v) is 7.24. The number of carbonyl (C=O) groups is 2. The average Bonchev–Trinajstić information content (AvgIpc) is 3.06. The molecular formula is C20H21F3N2O4. The second kappa shape index (κ2) is 8.36. The molecule has 3 heterocycles. The monoisotopic (exact) mass is 410 g/mol. The van der Waals surface area contributed by atoms with Crippen LogP contribution >= 0.6 is 0 Å². The average molecular weight is 410 g/mol. The lowest BCUT2D eigenvalue weighted by molar-refractivity contribution is -0.192. The largest absolute Gasteiger partial charge is 0.490 e. The Labute approximate surface area is 165 Å². The maximum Gasteiger partial charge on any atom is 0.490 e. The molecule has 2 fully saturated rings. The molecule has 9 heteroatoms. The number of halogens is 3. The third-order valence-corrected chi connectivity index (χ3v) is 5.07. The topological polar surface area (TPSA) is 79.7 Å². The van der Waals surface area contributed by atoms with Crippen molar-refractivity contribution >= 4 is 22.8 Å². The first-order valence-corrected chi connectivity index (χ1v) is 9.25. The first-order valence-electron chi connectivity index (χ1n) is 9.25. The number of nitrogens with zero attached hydrogens (tertiary/aromatic N) is 2. The van der Waals surface area contributed by atoms with Crippen molar-refractivity contribution in [3.05, 3.63) is 42.1 Å². The molecule has 29 heavy (non-hydrogen) atoms. The fourth-order valence-electron chi connectivity index (χ4n) is 3.75. The van der Waals surface area contributed by atoms with Crippen LogP contribution in [0.15, 0.2) is 36.5 Å². The van der Waals surface area contributed by atoms with Gasteiger partial charge in [-0.2, -0.15) is 13.2 Å². The first kappa shape index (κ1) is 21.0. The van der Waals surface area contributed by atoms with Gasteiger partial charge in [-0.1, -0.05) is 18.2 Å². The van der Waals surface area contributed by atoms with Crippen molar-refractivity contribution in [3.63, 3.8) is 0 Å². The van der Waals surface area contributed by atoms with Gasteiger partial charge in [-0.25, -0.2) is 4.79 Å². The number of carboxylic acids is 1. The number of aromatic nitrogens is 1. The summed E-state index contributed by atoms with van der Waals surface area (Å²) in [4.78, 5) is 28.0. The molecule has 1 aromatic heterocycles. The number of amides is 1. The molecule has 1 amide bonds. The van der Waals surface area contributed by atoms with E-state index in [0.29, 0.717) is 23.7 Å². The summed E-state index contributed by atoms with van der Waals surface area (Å²) in [5.74, 6) is -2.18. The summed E-state index contributed by atoms with van der Waals surface area (Å²) in [7, 11) is 0. The number of para-hydroxylation sites is 1. The van der Waals surface area contributed by atoms with Crippen LogP contribution in [0.4, 0.5) is 13.2 Å². The molecule has 0 saturated carbocycles. The quantitative estimate of drug-likeness (QED) is 0.778. The third kappa shape index (κ3) is 5.03. The molecule has 2 saturated heterocycles. The highest BCUT2D eigenvalue weighted by Crippen LogP contribution is 2.33. The number of carbonyl (C=O) groups excluding carboxylic acids is 1. The molecule has 4 rings (SSSR count). The number of hydrogen-bond donors (Lipinski definition) is 1. The van der Waals surface area contributed by atoms with E-state index in [-0.39, 0.29) is 5.91 Å². The van der Waals surface area contributed by atoms with Gasteiger partial charge in [0.25, 0.3) is 5.91 Å². The van der Waals surface area contributed by atoms with E-state index in [1.165, 1.54) is 0 Å². The number of benzene rings is 1. The summed E-state index contributed by atoms with van der Waals surface area (Å²) < 4.78 is 37.6. The van der Waals surface area contributed by atoms with Gasteiger partial charge >= 0.3 is 12.1 Å². The van der Waals surface area contributed by atoms with Crippen LogP contribution in [-0.2, 0) is 9.53 Å². The summed E-state index contributed by atoms with van der Waals surface area (Å²) in [6, 6.07) is 9.85. The predicted octanol–water partition coefficient (Wildman–Crippen LogP) is 3.51. The Hall–Kier alpha value is -2.68. The van der Waals surface area contributed by atoms with E-state index in [1.54, 1.807) is 6.20 Å². The first-order chi connectivity index (χ1) is 13.6. The zero-order valence-corrected chi connectivity index (χ0v) is 15.7. The van der Waals surface area contributed by atoms with Crippen LogP contribution in [0, 0.1) is 5.92 Å². The van der Waals surface area contributed by atoms with Gasteiger partial charge in [0, 0.05) is 30.6 Å². The Morgan fingerprint density at radius 1 is 1.28 bits per heavy atom. The SMILES string of the molecule is C[C@H]1C[C@H]2CN(C(=O)c3cnc4ccccc4c3)CC[C@@H]2O1.O=C(O)C(F)(F)F. The van der Waals surface area contributed by atoms with Crippen molar-refractivity contribution in [1.82, 2.24) is 9.88 Å². The van der Waals surface area contributed by atoms with Gasteiger partial charge in [-0.15, -0.1) is 0 Å². The molecule has 1 aromatic carbocycles. The number of hydrogen-bond acceptors (Lipinski definition) is 4. The van der Waals surface area contributed by atoms with Gasteiger partial charge in [0.15, 0.2) is 0 Å². The molecule has 2 aliphatic rings. The second-order valence-electron chi connectivity index (χ2n) is 7.24. The Balaban J connectivity index is 0.000000298. The van der Waals surface area contributed by atoms with Crippen LogP contribution in [0.1, 0.15) is 30.1 Å². The van der Waals surface area contributed by atoms with Gasteiger partial charge in [0.05, 0.1) is 23.3 Å². The lowest BCUT2D eigenvalue weighted by atomic mass is 9.92. The van der Waals surface area contributed by atoms with Crippen LogP contribution in [0.25, 0.3) is 10.9 Å². The Kier molecular flexibility index (Phi) is 6.07. The van der Waals surface area contributed by atoms with Crippen molar-refractivity contribution < 1.29 is 32.6 Å². The Morgan fingerprint density at radius 2 is 1.97 bits per heavy atom.